The number of carbonyl (C=O) groups excluding carboxylic acids is 2. The molecule has 0 unspecified atom stereocenters. The van der Waals surface area contributed by atoms with E-state index in [-0.39, 0.29) is 17.1 Å². The number of ether oxygens (including phenoxy) is 1. The Labute approximate surface area is 130 Å². The molecule has 0 aliphatic rings. The molecule has 9 heteroatoms. The summed E-state index contributed by atoms with van der Waals surface area (Å²) in [5.74, 6) is -1.75. The van der Waals surface area contributed by atoms with Crippen LogP contribution in [0.15, 0.2) is 27.9 Å². The number of ketones is 1. The highest BCUT2D eigenvalue weighted by Crippen LogP contribution is 2.06. The SMILES string of the molecule is Cn1cccc1C(=O)OCC(=O)c1c(N)n(C)c(=O)n(C)c1=O. The van der Waals surface area contributed by atoms with Gasteiger partial charge in [-0.25, -0.2) is 9.59 Å². The van der Waals surface area contributed by atoms with Gasteiger partial charge in [0, 0.05) is 27.3 Å². The Bertz CT molecular complexity index is 903. The molecule has 0 spiro atoms. The molecule has 0 amide bonds. The number of esters is 1. The van der Waals surface area contributed by atoms with Crippen molar-refractivity contribution in [1.82, 2.24) is 13.7 Å². The van der Waals surface area contributed by atoms with Gasteiger partial charge < -0.3 is 15.0 Å². The first-order chi connectivity index (χ1) is 10.8. The van der Waals surface area contributed by atoms with Crippen LogP contribution in [-0.2, 0) is 25.9 Å². The van der Waals surface area contributed by atoms with Gasteiger partial charge in [-0.15, -0.1) is 0 Å². The van der Waals surface area contributed by atoms with Crippen molar-refractivity contribution in [3.05, 3.63) is 50.4 Å². The van der Waals surface area contributed by atoms with Crippen molar-refractivity contribution in [2.75, 3.05) is 12.3 Å². The summed E-state index contributed by atoms with van der Waals surface area (Å²) in [6, 6.07) is 3.19. The van der Waals surface area contributed by atoms with Crippen LogP contribution in [-0.4, -0.2) is 32.1 Å². The topological polar surface area (TPSA) is 118 Å². The minimum Gasteiger partial charge on any atom is -0.453 e. The number of nitrogens with zero attached hydrogens (tertiary/aromatic N) is 3. The summed E-state index contributed by atoms with van der Waals surface area (Å²) >= 11 is 0. The van der Waals surface area contributed by atoms with Gasteiger partial charge in [-0.1, -0.05) is 0 Å². The number of nitrogens with two attached hydrogens (primary N) is 1. The van der Waals surface area contributed by atoms with Crippen LogP contribution in [0, 0.1) is 0 Å². The maximum absolute atomic E-state index is 12.2. The Morgan fingerprint density at radius 1 is 1.17 bits per heavy atom. The molecule has 0 saturated heterocycles. The second-order valence-electron chi connectivity index (χ2n) is 4.97. The molecule has 2 aromatic rings. The molecule has 0 aliphatic heterocycles. The molecule has 0 bridgehead atoms. The first kappa shape index (κ1) is 16.3. The van der Waals surface area contributed by atoms with Crippen LogP contribution in [0.3, 0.4) is 0 Å². The van der Waals surface area contributed by atoms with Crippen molar-refractivity contribution in [2.45, 2.75) is 0 Å². The number of aryl methyl sites for hydroxylation is 1. The van der Waals surface area contributed by atoms with Crippen LogP contribution < -0.4 is 17.0 Å². The lowest BCUT2D eigenvalue weighted by atomic mass is 10.2. The van der Waals surface area contributed by atoms with Crippen LogP contribution in [0.4, 0.5) is 5.82 Å². The summed E-state index contributed by atoms with van der Waals surface area (Å²) in [7, 11) is 4.22. The number of aromatic nitrogens is 3. The van der Waals surface area contributed by atoms with Gasteiger partial charge >= 0.3 is 11.7 Å². The second kappa shape index (κ2) is 5.95. The van der Waals surface area contributed by atoms with Gasteiger partial charge in [0.1, 0.15) is 17.1 Å². The highest BCUT2D eigenvalue weighted by molar-refractivity contribution is 6.02. The maximum Gasteiger partial charge on any atom is 0.355 e. The lowest BCUT2D eigenvalue weighted by Crippen LogP contribution is -2.42. The van der Waals surface area contributed by atoms with Gasteiger partial charge in [-0.3, -0.25) is 18.7 Å². The number of carbonyl (C=O) groups is 2. The van der Waals surface area contributed by atoms with E-state index in [1.54, 1.807) is 19.3 Å². The molecular formula is C14H16N4O5. The number of nitrogen functional groups attached to an aromatic ring is 1. The van der Waals surface area contributed by atoms with E-state index in [1.165, 1.54) is 24.7 Å². The summed E-state index contributed by atoms with van der Waals surface area (Å²) < 4.78 is 8.18. The van der Waals surface area contributed by atoms with Crippen LogP contribution in [0.2, 0.25) is 0 Å². The molecule has 0 saturated carbocycles. The van der Waals surface area contributed by atoms with E-state index < -0.39 is 29.6 Å². The Morgan fingerprint density at radius 3 is 2.39 bits per heavy atom. The minimum absolute atomic E-state index is 0.263. The molecule has 2 N–H and O–H groups in total. The third kappa shape index (κ3) is 2.80. The lowest BCUT2D eigenvalue weighted by Gasteiger charge is -2.11. The zero-order valence-corrected chi connectivity index (χ0v) is 12.9. The fraction of sp³-hybridized carbons (Fsp3) is 0.286. The van der Waals surface area contributed by atoms with E-state index in [0.717, 1.165) is 9.13 Å². The Hall–Kier alpha value is -3.10. The third-order valence-corrected chi connectivity index (χ3v) is 3.48. The van der Waals surface area contributed by atoms with Crippen LogP contribution >= 0.6 is 0 Å². The summed E-state index contributed by atoms with van der Waals surface area (Å²) in [5, 5.41) is 0. The molecule has 0 radical (unpaired) electrons. The molecule has 23 heavy (non-hydrogen) atoms. The Balaban J connectivity index is 2.26. The van der Waals surface area contributed by atoms with Gasteiger partial charge in [0.25, 0.3) is 5.56 Å². The molecule has 0 aromatic carbocycles. The van der Waals surface area contributed by atoms with Gasteiger partial charge in [-0.05, 0) is 12.1 Å². The first-order valence-corrected chi connectivity index (χ1v) is 6.62. The lowest BCUT2D eigenvalue weighted by molar-refractivity contribution is 0.0464. The van der Waals surface area contributed by atoms with E-state index >= 15 is 0 Å². The number of hydrogen-bond acceptors (Lipinski definition) is 6. The van der Waals surface area contributed by atoms with Crippen LogP contribution in [0.5, 0.6) is 0 Å². The quantitative estimate of drug-likeness (QED) is 0.573. The van der Waals surface area contributed by atoms with Crippen molar-refractivity contribution in [3.63, 3.8) is 0 Å². The maximum atomic E-state index is 12.2. The monoisotopic (exact) mass is 320 g/mol. The third-order valence-electron chi connectivity index (χ3n) is 3.48. The van der Waals surface area contributed by atoms with Crippen molar-refractivity contribution in [3.8, 4) is 0 Å². The van der Waals surface area contributed by atoms with Crippen molar-refractivity contribution >= 4 is 17.6 Å². The number of Topliss-reactive ketones (excluding diaryl/α,β-unsaturated/α-hetero) is 1. The number of rotatable bonds is 4. The standard InChI is InChI=1S/C14H16N4O5/c1-16-6-4-5-8(16)13(21)23-7-9(19)10-11(15)17(2)14(22)18(3)12(10)20/h4-6H,7,15H2,1-3H3. The highest BCUT2D eigenvalue weighted by Gasteiger charge is 2.22. The van der Waals surface area contributed by atoms with E-state index in [1.807, 2.05) is 0 Å². The van der Waals surface area contributed by atoms with E-state index in [9.17, 15) is 19.2 Å². The van der Waals surface area contributed by atoms with Gasteiger partial charge in [0.05, 0.1) is 0 Å². The average Bonchev–Trinajstić information content (AvgIpc) is 2.95. The van der Waals surface area contributed by atoms with E-state index in [4.69, 9.17) is 10.5 Å². The Morgan fingerprint density at radius 2 is 1.83 bits per heavy atom. The predicted octanol–water partition coefficient (Wildman–Crippen LogP) is -0.956. The molecule has 122 valence electrons. The van der Waals surface area contributed by atoms with E-state index in [2.05, 4.69) is 0 Å². The molecule has 0 aliphatic carbocycles. The van der Waals surface area contributed by atoms with E-state index in [0.29, 0.717) is 0 Å². The largest absolute Gasteiger partial charge is 0.453 e. The molecular weight excluding hydrogens is 304 g/mol. The fourth-order valence-corrected chi connectivity index (χ4v) is 2.07. The highest BCUT2D eigenvalue weighted by atomic mass is 16.5. The zero-order chi connectivity index (χ0) is 17.3. The summed E-state index contributed by atoms with van der Waals surface area (Å²) in [6.45, 7) is -0.651. The van der Waals surface area contributed by atoms with Crippen molar-refractivity contribution in [2.24, 2.45) is 21.1 Å². The summed E-state index contributed by atoms with van der Waals surface area (Å²) in [4.78, 5) is 47.7. The minimum atomic E-state index is -0.828. The van der Waals surface area contributed by atoms with Gasteiger partial charge in [0.15, 0.2) is 6.61 Å². The smallest absolute Gasteiger partial charge is 0.355 e. The molecule has 2 aromatic heterocycles. The number of anilines is 1. The molecule has 2 rings (SSSR count). The average molecular weight is 320 g/mol. The summed E-state index contributed by atoms with van der Waals surface area (Å²) in [5.41, 5.74) is 4.07. The zero-order valence-electron chi connectivity index (χ0n) is 12.9. The molecule has 0 atom stereocenters. The van der Waals surface area contributed by atoms with Crippen molar-refractivity contribution in [1.29, 1.82) is 0 Å². The van der Waals surface area contributed by atoms with Gasteiger partial charge in [-0.2, -0.15) is 0 Å². The fourth-order valence-electron chi connectivity index (χ4n) is 2.07. The normalized spacial score (nSPS) is 10.6. The second-order valence-corrected chi connectivity index (χ2v) is 4.97. The van der Waals surface area contributed by atoms with Gasteiger partial charge in [0.2, 0.25) is 5.78 Å². The predicted molar refractivity (Wildman–Crippen MR) is 81.4 cm³/mol. The molecule has 0 fully saturated rings. The molecule has 9 nitrogen and oxygen atoms in total. The first-order valence-electron chi connectivity index (χ1n) is 6.62. The summed E-state index contributed by atoms with van der Waals surface area (Å²) in [6.07, 6.45) is 1.65. The van der Waals surface area contributed by atoms with Crippen molar-refractivity contribution < 1.29 is 14.3 Å². The van der Waals surface area contributed by atoms with Crippen LogP contribution in [0.25, 0.3) is 0 Å². The van der Waals surface area contributed by atoms with Crippen LogP contribution in [0.1, 0.15) is 20.8 Å². The molecule has 2 heterocycles. The Kier molecular flexibility index (Phi) is 4.21. The number of hydrogen-bond donors (Lipinski definition) is 1.